The molecule has 0 bridgehead atoms. The van der Waals surface area contributed by atoms with Crippen LogP contribution in [0.25, 0.3) is 11.3 Å². The number of carbonyl (C=O) groups is 2. The second kappa shape index (κ2) is 7.72. The molecule has 0 fully saturated rings. The van der Waals surface area contributed by atoms with Crippen molar-refractivity contribution in [3.8, 4) is 11.3 Å². The van der Waals surface area contributed by atoms with Crippen LogP contribution in [0, 0.1) is 0 Å². The zero-order chi connectivity index (χ0) is 17.6. The molecule has 3 aromatic rings. The Morgan fingerprint density at radius 2 is 1.92 bits per heavy atom. The van der Waals surface area contributed by atoms with Gasteiger partial charge in [-0.2, -0.15) is 11.3 Å². The number of carbonyl (C=O) groups excluding carboxylic acids is 2. The average Bonchev–Trinajstić information content (AvgIpc) is 3.14. The first-order valence-corrected chi connectivity index (χ1v) is 8.70. The monoisotopic (exact) mass is 351 g/mol. The summed E-state index contributed by atoms with van der Waals surface area (Å²) in [5.41, 5.74) is 4.09. The van der Waals surface area contributed by atoms with Crippen molar-refractivity contribution >= 4 is 28.8 Å². The van der Waals surface area contributed by atoms with E-state index in [-0.39, 0.29) is 11.8 Å². The molecule has 2 N–H and O–H groups in total. The second-order valence-corrected chi connectivity index (χ2v) is 6.24. The molecule has 0 unspecified atom stereocenters. The normalized spacial score (nSPS) is 10.3. The highest BCUT2D eigenvalue weighted by molar-refractivity contribution is 7.08. The van der Waals surface area contributed by atoms with E-state index in [4.69, 9.17) is 0 Å². The molecule has 25 heavy (non-hydrogen) atoms. The van der Waals surface area contributed by atoms with Crippen molar-refractivity contribution in [1.29, 1.82) is 0 Å². The van der Waals surface area contributed by atoms with Crippen molar-refractivity contribution in [1.82, 2.24) is 10.3 Å². The van der Waals surface area contributed by atoms with Crippen LogP contribution < -0.4 is 10.6 Å². The first-order valence-electron chi connectivity index (χ1n) is 7.76. The molecule has 6 heteroatoms. The third-order valence-corrected chi connectivity index (χ3v) is 4.28. The van der Waals surface area contributed by atoms with Crippen LogP contribution in [0.2, 0.25) is 0 Å². The van der Waals surface area contributed by atoms with Crippen LogP contribution >= 0.6 is 11.3 Å². The van der Waals surface area contributed by atoms with Gasteiger partial charge in [0.2, 0.25) is 5.91 Å². The van der Waals surface area contributed by atoms with Gasteiger partial charge in [0.1, 0.15) is 0 Å². The molecule has 0 spiro atoms. The molecule has 1 aromatic carbocycles. The SMILES string of the molecule is CC(=O)Nc1ccc(C(=O)NCc2cccnc2-c2ccsc2)cc1. The number of hydrogen-bond donors (Lipinski definition) is 2. The maximum Gasteiger partial charge on any atom is 0.251 e. The molecule has 0 radical (unpaired) electrons. The number of anilines is 1. The van der Waals surface area contributed by atoms with Crippen LogP contribution in [0.4, 0.5) is 5.69 Å². The summed E-state index contributed by atoms with van der Waals surface area (Å²) < 4.78 is 0. The Bertz CT molecular complexity index is 874. The Balaban J connectivity index is 1.68. The van der Waals surface area contributed by atoms with Gasteiger partial charge in [-0.25, -0.2) is 0 Å². The number of pyridine rings is 1. The first kappa shape index (κ1) is 16.9. The topological polar surface area (TPSA) is 71.1 Å². The molecular weight excluding hydrogens is 334 g/mol. The van der Waals surface area contributed by atoms with Gasteiger partial charge >= 0.3 is 0 Å². The molecule has 0 aliphatic heterocycles. The van der Waals surface area contributed by atoms with Crippen molar-refractivity contribution in [2.45, 2.75) is 13.5 Å². The predicted octanol–water partition coefficient (Wildman–Crippen LogP) is 3.70. The quantitative estimate of drug-likeness (QED) is 0.736. The Morgan fingerprint density at radius 1 is 1.12 bits per heavy atom. The molecule has 0 saturated carbocycles. The number of amides is 2. The highest BCUT2D eigenvalue weighted by Gasteiger charge is 2.10. The molecule has 0 saturated heterocycles. The number of nitrogens with one attached hydrogen (secondary N) is 2. The number of nitrogens with zero attached hydrogens (tertiary/aromatic N) is 1. The van der Waals surface area contributed by atoms with Crippen molar-refractivity contribution in [2.24, 2.45) is 0 Å². The van der Waals surface area contributed by atoms with Crippen molar-refractivity contribution in [3.63, 3.8) is 0 Å². The van der Waals surface area contributed by atoms with Crippen molar-refractivity contribution in [2.75, 3.05) is 5.32 Å². The molecule has 2 heterocycles. The summed E-state index contributed by atoms with van der Waals surface area (Å²) in [6.07, 6.45) is 1.75. The van der Waals surface area contributed by atoms with E-state index in [2.05, 4.69) is 15.6 Å². The van der Waals surface area contributed by atoms with Gasteiger partial charge in [0, 0.05) is 41.9 Å². The molecule has 0 atom stereocenters. The van der Waals surface area contributed by atoms with Crippen molar-refractivity contribution in [3.05, 3.63) is 70.5 Å². The summed E-state index contributed by atoms with van der Waals surface area (Å²) in [6, 6.07) is 12.6. The first-order chi connectivity index (χ1) is 12.1. The lowest BCUT2D eigenvalue weighted by molar-refractivity contribution is -0.114. The van der Waals surface area contributed by atoms with E-state index < -0.39 is 0 Å². The van der Waals surface area contributed by atoms with Gasteiger partial charge in [-0.3, -0.25) is 14.6 Å². The maximum atomic E-state index is 12.3. The fraction of sp³-hybridized carbons (Fsp3) is 0.105. The van der Waals surface area contributed by atoms with Gasteiger partial charge in [0.25, 0.3) is 5.91 Å². The van der Waals surface area contributed by atoms with E-state index in [9.17, 15) is 9.59 Å². The number of thiophene rings is 1. The van der Waals surface area contributed by atoms with Gasteiger partial charge in [0.15, 0.2) is 0 Å². The van der Waals surface area contributed by atoms with Crippen LogP contribution in [-0.4, -0.2) is 16.8 Å². The molecule has 3 rings (SSSR count). The molecule has 2 aromatic heterocycles. The van der Waals surface area contributed by atoms with Crippen LogP contribution in [0.1, 0.15) is 22.8 Å². The van der Waals surface area contributed by atoms with E-state index in [1.54, 1.807) is 41.8 Å². The van der Waals surface area contributed by atoms with Gasteiger partial charge < -0.3 is 10.6 Å². The van der Waals surface area contributed by atoms with Gasteiger partial charge in [-0.15, -0.1) is 0 Å². The molecule has 2 amide bonds. The number of hydrogen-bond acceptors (Lipinski definition) is 4. The minimum Gasteiger partial charge on any atom is -0.348 e. The molecule has 0 aliphatic carbocycles. The zero-order valence-electron chi connectivity index (χ0n) is 13.7. The summed E-state index contributed by atoms with van der Waals surface area (Å²) in [7, 11) is 0. The largest absolute Gasteiger partial charge is 0.348 e. The highest BCUT2D eigenvalue weighted by Crippen LogP contribution is 2.23. The summed E-state index contributed by atoms with van der Waals surface area (Å²) in [4.78, 5) is 27.8. The van der Waals surface area contributed by atoms with Crippen LogP contribution in [-0.2, 0) is 11.3 Å². The Kier molecular flexibility index (Phi) is 5.20. The van der Waals surface area contributed by atoms with Crippen LogP contribution in [0.5, 0.6) is 0 Å². The molecule has 126 valence electrons. The van der Waals surface area contributed by atoms with Gasteiger partial charge in [-0.1, -0.05) is 6.07 Å². The third-order valence-electron chi connectivity index (χ3n) is 3.59. The smallest absolute Gasteiger partial charge is 0.251 e. The lowest BCUT2D eigenvalue weighted by Crippen LogP contribution is -2.23. The second-order valence-electron chi connectivity index (χ2n) is 5.46. The van der Waals surface area contributed by atoms with Gasteiger partial charge in [-0.05, 0) is 47.3 Å². The van der Waals surface area contributed by atoms with E-state index >= 15 is 0 Å². The summed E-state index contributed by atoms with van der Waals surface area (Å²) in [6.45, 7) is 1.84. The fourth-order valence-corrected chi connectivity index (χ4v) is 3.07. The summed E-state index contributed by atoms with van der Waals surface area (Å²) >= 11 is 1.61. The van der Waals surface area contributed by atoms with Crippen LogP contribution in [0.15, 0.2) is 59.4 Å². The van der Waals surface area contributed by atoms with E-state index in [0.717, 1.165) is 16.8 Å². The van der Waals surface area contributed by atoms with E-state index in [0.29, 0.717) is 17.8 Å². The third kappa shape index (κ3) is 4.30. The van der Waals surface area contributed by atoms with Crippen LogP contribution in [0.3, 0.4) is 0 Å². The minimum absolute atomic E-state index is 0.144. The fourth-order valence-electron chi connectivity index (χ4n) is 2.43. The van der Waals surface area contributed by atoms with E-state index in [1.807, 2.05) is 29.0 Å². The van der Waals surface area contributed by atoms with Crippen molar-refractivity contribution < 1.29 is 9.59 Å². The highest BCUT2D eigenvalue weighted by atomic mass is 32.1. The zero-order valence-corrected chi connectivity index (χ0v) is 14.5. The molecular formula is C19H17N3O2S. The molecule has 0 aliphatic rings. The molecule has 5 nitrogen and oxygen atoms in total. The Hall–Kier alpha value is -2.99. The Morgan fingerprint density at radius 3 is 2.60 bits per heavy atom. The minimum atomic E-state index is -0.172. The predicted molar refractivity (Wildman–Crippen MR) is 99.5 cm³/mol. The lowest BCUT2D eigenvalue weighted by atomic mass is 10.1. The standard InChI is InChI=1S/C19H17N3O2S/c1-13(23)22-17-6-4-14(5-7-17)19(24)21-11-15-3-2-9-20-18(15)16-8-10-25-12-16/h2-10,12H,11H2,1H3,(H,21,24)(H,22,23). The number of aromatic nitrogens is 1. The maximum absolute atomic E-state index is 12.3. The summed E-state index contributed by atoms with van der Waals surface area (Å²) in [5, 5.41) is 9.63. The number of rotatable bonds is 5. The number of benzene rings is 1. The lowest BCUT2D eigenvalue weighted by Gasteiger charge is -2.09. The Labute approximate surface area is 149 Å². The summed E-state index contributed by atoms with van der Waals surface area (Å²) in [5.74, 6) is -0.316. The average molecular weight is 351 g/mol. The van der Waals surface area contributed by atoms with Gasteiger partial charge in [0.05, 0.1) is 5.69 Å². The van der Waals surface area contributed by atoms with E-state index in [1.165, 1.54) is 6.92 Å².